The second-order valence-corrected chi connectivity index (χ2v) is 7.44. The minimum absolute atomic E-state index is 0.189. The Morgan fingerprint density at radius 3 is 2.83 bits per heavy atom. The number of carbonyl (C=O) groups is 1. The van der Waals surface area contributed by atoms with Crippen molar-refractivity contribution < 1.29 is 9.18 Å². The Labute approximate surface area is 147 Å². The van der Waals surface area contributed by atoms with Crippen molar-refractivity contribution in [1.29, 1.82) is 0 Å². The number of nitrogens with one attached hydrogen (secondary N) is 1. The number of benzene rings is 1. The summed E-state index contributed by atoms with van der Waals surface area (Å²) in [6.07, 6.45) is 2.40. The van der Waals surface area contributed by atoms with Crippen molar-refractivity contribution >= 4 is 33.2 Å². The highest BCUT2D eigenvalue weighted by molar-refractivity contribution is 9.10. The van der Waals surface area contributed by atoms with Gasteiger partial charge in [0.25, 0.3) is 5.91 Å². The first kappa shape index (κ1) is 16.6. The molecule has 2 aromatic rings. The maximum Gasteiger partial charge on any atom is 0.252 e. The summed E-state index contributed by atoms with van der Waals surface area (Å²) < 4.78 is 14.0. The summed E-state index contributed by atoms with van der Waals surface area (Å²) in [4.78, 5) is 16.0. The van der Waals surface area contributed by atoms with Crippen molar-refractivity contribution in [2.45, 2.75) is 18.9 Å². The van der Waals surface area contributed by atoms with Crippen molar-refractivity contribution in [1.82, 2.24) is 10.2 Å². The zero-order chi connectivity index (χ0) is 16.2. The summed E-state index contributed by atoms with van der Waals surface area (Å²) >= 11 is 5.02. The standard InChI is InChI=1S/C17H18BrFN2OS/c18-14-6-5-12(19)10-13(14)17(22)20-11-15(16-4-3-9-23-16)21-7-1-2-8-21/h3-6,9-10,15H,1-2,7-8,11H2,(H,20,22)/t15-/m0/s1. The molecule has 0 radical (unpaired) electrons. The first-order chi connectivity index (χ1) is 11.1. The van der Waals surface area contributed by atoms with E-state index in [-0.39, 0.29) is 11.9 Å². The van der Waals surface area contributed by atoms with Gasteiger partial charge in [0.05, 0.1) is 11.6 Å². The third-order valence-corrected chi connectivity index (χ3v) is 5.75. The molecule has 3 rings (SSSR count). The number of nitrogens with zero attached hydrogens (tertiary/aromatic N) is 1. The molecule has 3 nitrogen and oxygen atoms in total. The van der Waals surface area contributed by atoms with Gasteiger partial charge in [0, 0.05) is 15.9 Å². The summed E-state index contributed by atoms with van der Waals surface area (Å²) in [6, 6.07) is 8.48. The molecule has 1 aliphatic heterocycles. The van der Waals surface area contributed by atoms with Gasteiger partial charge in [0.1, 0.15) is 5.82 Å². The van der Waals surface area contributed by atoms with Crippen LogP contribution in [0.1, 0.15) is 34.1 Å². The lowest BCUT2D eigenvalue weighted by Gasteiger charge is -2.27. The lowest BCUT2D eigenvalue weighted by Crippen LogP contribution is -2.36. The first-order valence-corrected chi connectivity index (χ1v) is 9.33. The molecule has 23 heavy (non-hydrogen) atoms. The van der Waals surface area contributed by atoms with Crippen LogP contribution >= 0.6 is 27.3 Å². The van der Waals surface area contributed by atoms with Crippen LogP contribution in [-0.4, -0.2) is 30.4 Å². The Hall–Kier alpha value is -1.24. The minimum Gasteiger partial charge on any atom is -0.350 e. The molecule has 1 fully saturated rings. The zero-order valence-electron chi connectivity index (χ0n) is 12.6. The molecule has 0 saturated carbocycles. The molecule has 0 bridgehead atoms. The maximum atomic E-state index is 13.4. The van der Waals surface area contributed by atoms with E-state index in [4.69, 9.17) is 0 Å². The lowest BCUT2D eigenvalue weighted by atomic mass is 10.1. The molecule has 0 unspecified atom stereocenters. The smallest absolute Gasteiger partial charge is 0.252 e. The van der Waals surface area contributed by atoms with E-state index < -0.39 is 5.82 Å². The molecule has 0 spiro atoms. The molecule has 1 N–H and O–H groups in total. The number of halogens is 2. The molecule has 1 atom stereocenters. The van der Waals surface area contributed by atoms with Crippen LogP contribution in [0.4, 0.5) is 4.39 Å². The summed E-state index contributed by atoms with van der Waals surface area (Å²) in [5.41, 5.74) is 0.330. The molecule has 1 aromatic carbocycles. The van der Waals surface area contributed by atoms with Crippen LogP contribution in [0.15, 0.2) is 40.2 Å². The van der Waals surface area contributed by atoms with Gasteiger partial charge in [-0.2, -0.15) is 0 Å². The number of thiophene rings is 1. The summed E-state index contributed by atoms with van der Waals surface area (Å²) in [5, 5.41) is 5.02. The third kappa shape index (κ3) is 4.00. The van der Waals surface area contributed by atoms with E-state index in [1.165, 1.54) is 29.9 Å². The SMILES string of the molecule is O=C(NC[C@@H](c1cccs1)N1CCCC1)c1cc(F)ccc1Br. The highest BCUT2D eigenvalue weighted by Gasteiger charge is 2.25. The molecule has 0 aliphatic carbocycles. The monoisotopic (exact) mass is 396 g/mol. The van der Waals surface area contributed by atoms with Crippen molar-refractivity contribution in [3.63, 3.8) is 0 Å². The Morgan fingerprint density at radius 2 is 2.13 bits per heavy atom. The lowest BCUT2D eigenvalue weighted by molar-refractivity contribution is 0.0937. The Morgan fingerprint density at radius 1 is 1.35 bits per heavy atom. The number of rotatable bonds is 5. The highest BCUT2D eigenvalue weighted by atomic mass is 79.9. The third-order valence-electron chi connectivity index (χ3n) is 4.08. The largest absolute Gasteiger partial charge is 0.350 e. The van der Waals surface area contributed by atoms with Gasteiger partial charge in [0.2, 0.25) is 0 Å². The van der Waals surface area contributed by atoms with Crippen LogP contribution in [0.5, 0.6) is 0 Å². The molecular formula is C17H18BrFN2OS. The van der Waals surface area contributed by atoms with Gasteiger partial charge >= 0.3 is 0 Å². The van der Waals surface area contributed by atoms with Gasteiger partial charge in [-0.3, -0.25) is 9.69 Å². The Balaban J connectivity index is 1.71. The minimum atomic E-state index is -0.410. The second kappa shape index (κ2) is 7.55. The first-order valence-electron chi connectivity index (χ1n) is 7.66. The zero-order valence-corrected chi connectivity index (χ0v) is 15.0. The molecule has 6 heteroatoms. The maximum absolute atomic E-state index is 13.4. The van der Waals surface area contributed by atoms with Crippen LogP contribution in [0.3, 0.4) is 0 Å². The number of hydrogen-bond acceptors (Lipinski definition) is 3. The molecule has 122 valence electrons. The predicted molar refractivity (Wildman–Crippen MR) is 94.3 cm³/mol. The van der Waals surface area contributed by atoms with Crippen molar-refractivity contribution in [3.05, 3.63) is 56.4 Å². The highest BCUT2D eigenvalue weighted by Crippen LogP contribution is 2.28. The molecular weight excluding hydrogens is 379 g/mol. The van der Waals surface area contributed by atoms with Crippen LogP contribution in [0.2, 0.25) is 0 Å². The van der Waals surface area contributed by atoms with Crippen molar-refractivity contribution in [2.24, 2.45) is 0 Å². The van der Waals surface area contributed by atoms with Gasteiger partial charge in [0.15, 0.2) is 0 Å². The number of carbonyl (C=O) groups excluding carboxylic acids is 1. The number of amides is 1. The second-order valence-electron chi connectivity index (χ2n) is 5.61. The average molecular weight is 397 g/mol. The molecule has 1 aliphatic rings. The summed E-state index contributed by atoms with van der Waals surface area (Å²) in [7, 11) is 0. The summed E-state index contributed by atoms with van der Waals surface area (Å²) in [5.74, 6) is -0.662. The van der Waals surface area contributed by atoms with Crippen LogP contribution in [0.25, 0.3) is 0 Å². The number of hydrogen-bond donors (Lipinski definition) is 1. The normalized spacial score (nSPS) is 16.4. The Kier molecular flexibility index (Phi) is 5.46. The fourth-order valence-corrected chi connectivity index (χ4v) is 4.19. The van der Waals surface area contributed by atoms with Gasteiger partial charge in [-0.1, -0.05) is 6.07 Å². The summed E-state index contributed by atoms with van der Waals surface area (Å²) in [6.45, 7) is 2.65. The predicted octanol–water partition coefficient (Wildman–Crippen LogP) is 4.22. The van der Waals surface area contributed by atoms with E-state index in [1.54, 1.807) is 17.4 Å². The Bertz CT molecular complexity index is 671. The average Bonchev–Trinajstić information content (AvgIpc) is 3.23. The topological polar surface area (TPSA) is 32.3 Å². The molecule has 1 aromatic heterocycles. The van der Waals surface area contributed by atoms with Crippen molar-refractivity contribution in [3.8, 4) is 0 Å². The molecule has 1 saturated heterocycles. The van der Waals surface area contributed by atoms with E-state index in [1.807, 2.05) is 6.07 Å². The molecule has 1 amide bonds. The molecule has 2 heterocycles. The van der Waals surface area contributed by atoms with Gasteiger partial charge in [-0.05, 0) is 71.5 Å². The van der Waals surface area contributed by atoms with Gasteiger partial charge in [-0.15, -0.1) is 11.3 Å². The van der Waals surface area contributed by atoms with E-state index in [0.29, 0.717) is 16.6 Å². The van der Waals surface area contributed by atoms with Crippen LogP contribution in [-0.2, 0) is 0 Å². The quantitative estimate of drug-likeness (QED) is 0.820. The van der Waals surface area contributed by atoms with Crippen molar-refractivity contribution in [2.75, 3.05) is 19.6 Å². The van der Waals surface area contributed by atoms with E-state index >= 15 is 0 Å². The van der Waals surface area contributed by atoms with Crippen LogP contribution < -0.4 is 5.32 Å². The fraction of sp³-hybridized carbons (Fsp3) is 0.353. The van der Waals surface area contributed by atoms with E-state index in [0.717, 1.165) is 13.1 Å². The van der Waals surface area contributed by atoms with E-state index in [2.05, 4.69) is 37.6 Å². The van der Waals surface area contributed by atoms with Crippen LogP contribution in [0, 0.1) is 5.82 Å². The van der Waals surface area contributed by atoms with Gasteiger partial charge in [-0.25, -0.2) is 4.39 Å². The number of likely N-dealkylation sites (tertiary alicyclic amines) is 1. The van der Waals surface area contributed by atoms with E-state index in [9.17, 15) is 9.18 Å². The van der Waals surface area contributed by atoms with Gasteiger partial charge < -0.3 is 5.32 Å². The fourth-order valence-electron chi connectivity index (χ4n) is 2.90.